The van der Waals surface area contributed by atoms with Gasteiger partial charge in [-0.2, -0.15) is 4.99 Å². The van der Waals surface area contributed by atoms with Crippen LogP contribution in [0.4, 0.5) is 0 Å². The highest BCUT2D eigenvalue weighted by atomic mass is 35.5. The molecule has 0 aliphatic carbocycles. The molecule has 3 aromatic rings. The fourth-order valence-electron chi connectivity index (χ4n) is 2.35. The molecule has 1 aromatic heterocycles. The third-order valence-electron chi connectivity index (χ3n) is 3.61. The van der Waals surface area contributed by atoms with Crippen LogP contribution in [-0.2, 0) is 20.9 Å². The number of carbonyl (C=O) groups excluding carboxylic acids is 3. The van der Waals surface area contributed by atoms with Crippen molar-refractivity contribution in [3.8, 4) is 0 Å². The largest absolute Gasteiger partial charge is 0.462 e. The zero-order valence-electron chi connectivity index (χ0n) is 13.6. The number of halogens is 1. The molecule has 3 rings (SSSR count). The number of amides is 1. The molecule has 0 radical (unpaired) electrons. The highest BCUT2D eigenvalue weighted by Gasteiger charge is 2.16. The smallest absolute Gasteiger partial charge is 0.399 e. The number of ketones is 1. The highest BCUT2D eigenvalue weighted by Crippen LogP contribution is 2.18. The van der Waals surface area contributed by atoms with E-state index in [1.165, 1.54) is 11.3 Å². The molecule has 0 fully saturated rings. The Morgan fingerprint density at radius 1 is 1.12 bits per heavy atom. The molecule has 0 unspecified atom stereocenters. The van der Waals surface area contributed by atoms with Crippen molar-refractivity contribution in [1.29, 1.82) is 0 Å². The number of fused-ring (bicyclic) bond motifs is 1. The summed E-state index contributed by atoms with van der Waals surface area (Å²) in [5.41, 5.74) is 1.23. The first-order valence-corrected chi connectivity index (χ1v) is 8.73. The maximum absolute atomic E-state index is 12.6. The molecule has 0 saturated heterocycles. The summed E-state index contributed by atoms with van der Waals surface area (Å²) in [6.45, 7) is -0.0288. The zero-order valence-corrected chi connectivity index (χ0v) is 15.2. The lowest BCUT2D eigenvalue weighted by Gasteiger charge is -2.05. The van der Waals surface area contributed by atoms with Crippen LogP contribution in [-0.4, -0.2) is 29.3 Å². The number of hydrogen-bond donors (Lipinski definition) is 0. The molecule has 0 saturated carbocycles. The lowest BCUT2D eigenvalue weighted by molar-refractivity contribution is -0.151. The second-order valence-corrected chi connectivity index (χ2v) is 6.72. The number of rotatable bonds is 3. The molecule has 2 aromatic carbocycles. The van der Waals surface area contributed by atoms with Crippen LogP contribution in [0.15, 0.2) is 53.5 Å². The van der Waals surface area contributed by atoms with E-state index in [-0.39, 0.29) is 17.1 Å². The van der Waals surface area contributed by atoms with Gasteiger partial charge in [0.05, 0.1) is 23.9 Å². The maximum Gasteiger partial charge on any atom is 0.399 e. The van der Waals surface area contributed by atoms with Crippen molar-refractivity contribution >= 4 is 50.8 Å². The normalized spacial score (nSPS) is 11.5. The van der Waals surface area contributed by atoms with Crippen LogP contribution in [0.3, 0.4) is 0 Å². The van der Waals surface area contributed by atoms with Gasteiger partial charge in [-0.05, 0) is 36.4 Å². The predicted molar refractivity (Wildman–Crippen MR) is 98.2 cm³/mol. The van der Waals surface area contributed by atoms with Crippen molar-refractivity contribution in [2.24, 2.45) is 4.99 Å². The zero-order chi connectivity index (χ0) is 18.7. The van der Waals surface area contributed by atoms with Crippen molar-refractivity contribution < 1.29 is 19.1 Å². The first kappa shape index (κ1) is 18.0. The summed E-state index contributed by atoms with van der Waals surface area (Å²) in [5, 5.41) is 0.537. The van der Waals surface area contributed by atoms with Gasteiger partial charge in [-0.3, -0.25) is 9.59 Å². The minimum atomic E-state index is -1.06. The number of hydrogen-bond acceptors (Lipinski definition) is 5. The standard InChI is InChI=1S/C18H13ClN2O4S/c1-25-17(24)16(23)20-18-21(13-4-2-3-5-15(13)26-18)10-14(22)11-6-8-12(19)9-7-11/h2-9H,10H2,1H3. The summed E-state index contributed by atoms with van der Waals surface area (Å²) in [6.07, 6.45) is 0. The van der Waals surface area contributed by atoms with E-state index in [4.69, 9.17) is 11.6 Å². The Morgan fingerprint density at radius 2 is 1.81 bits per heavy atom. The fourth-order valence-corrected chi connectivity index (χ4v) is 3.50. The summed E-state index contributed by atoms with van der Waals surface area (Å²) in [5.74, 6) is -2.25. The number of methoxy groups -OCH3 is 1. The van der Waals surface area contributed by atoms with Gasteiger partial charge in [-0.25, -0.2) is 4.79 Å². The molecule has 8 heteroatoms. The minimum Gasteiger partial charge on any atom is -0.462 e. The van der Waals surface area contributed by atoms with E-state index in [9.17, 15) is 14.4 Å². The molecule has 0 N–H and O–H groups in total. The maximum atomic E-state index is 12.6. The monoisotopic (exact) mass is 388 g/mol. The third kappa shape index (κ3) is 3.74. The van der Waals surface area contributed by atoms with Crippen LogP contribution in [0.2, 0.25) is 5.02 Å². The van der Waals surface area contributed by atoms with E-state index in [0.29, 0.717) is 10.6 Å². The molecule has 0 aliphatic rings. The van der Waals surface area contributed by atoms with E-state index in [1.807, 2.05) is 24.3 Å². The Morgan fingerprint density at radius 3 is 2.50 bits per heavy atom. The van der Waals surface area contributed by atoms with Crippen LogP contribution < -0.4 is 4.80 Å². The first-order valence-electron chi connectivity index (χ1n) is 7.53. The molecular formula is C18H13ClN2O4S. The van der Waals surface area contributed by atoms with Crippen LogP contribution in [0.25, 0.3) is 10.2 Å². The van der Waals surface area contributed by atoms with E-state index >= 15 is 0 Å². The fraction of sp³-hybridized carbons (Fsp3) is 0.111. The summed E-state index contributed by atoms with van der Waals surface area (Å²) >= 11 is 7.07. The van der Waals surface area contributed by atoms with Gasteiger partial charge < -0.3 is 9.30 Å². The molecular weight excluding hydrogens is 376 g/mol. The summed E-state index contributed by atoms with van der Waals surface area (Å²) in [4.78, 5) is 39.9. The number of Topliss-reactive ketones (excluding diaryl/α,β-unsaturated/α-hetero) is 1. The number of thiazole rings is 1. The lowest BCUT2D eigenvalue weighted by Crippen LogP contribution is -2.24. The van der Waals surface area contributed by atoms with Gasteiger partial charge in [0.25, 0.3) is 0 Å². The van der Waals surface area contributed by atoms with E-state index in [1.54, 1.807) is 28.8 Å². The molecule has 6 nitrogen and oxygen atoms in total. The number of benzene rings is 2. The van der Waals surface area contributed by atoms with Gasteiger partial charge in [0.1, 0.15) is 0 Å². The van der Waals surface area contributed by atoms with E-state index in [2.05, 4.69) is 9.73 Å². The first-order chi connectivity index (χ1) is 12.5. The van der Waals surface area contributed by atoms with Gasteiger partial charge in [0, 0.05) is 10.6 Å². The molecule has 0 spiro atoms. The summed E-state index contributed by atoms with van der Waals surface area (Å²) in [6, 6.07) is 13.9. The Hall–Kier alpha value is -2.77. The molecule has 26 heavy (non-hydrogen) atoms. The van der Waals surface area contributed by atoms with Crippen LogP contribution in [0.5, 0.6) is 0 Å². The van der Waals surface area contributed by atoms with Crippen LogP contribution in [0.1, 0.15) is 10.4 Å². The van der Waals surface area contributed by atoms with Gasteiger partial charge in [-0.1, -0.05) is 35.1 Å². The Bertz CT molecular complexity index is 1070. The number of carbonyl (C=O) groups is 3. The van der Waals surface area contributed by atoms with Crippen LogP contribution >= 0.6 is 22.9 Å². The summed E-state index contributed by atoms with van der Waals surface area (Å²) < 4.78 is 6.84. The molecule has 0 atom stereocenters. The van der Waals surface area contributed by atoms with Gasteiger partial charge in [-0.15, -0.1) is 0 Å². The topological polar surface area (TPSA) is 77.7 Å². The lowest BCUT2D eigenvalue weighted by atomic mass is 10.1. The molecule has 1 amide bonds. The van der Waals surface area contributed by atoms with Crippen molar-refractivity contribution in [1.82, 2.24) is 4.57 Å². The second-order valence-electron chi connectivity index (χ2n) is 5.28. The summed E-state index contributed by atoms with van der Waals surface area (Å²) in [7, 11) is 1.11. The highest BCUT2D eigenvalue weighted by molar-refractivity contribution is 7.16. The molecule has 0 aliphatic heterocycles. The predicted octanol–water partition coefficient (Wildman–Crippen LogP) is 2.84. The van der Waals surface area contributed by atoms with Gasteiger partial charge >= 0.3 is 11.9 Å². The molecule has 1 heterocycles. The number of nitrogens with zero attached hydrogens (tertiary/aromatic N) is 2. The average molecular weight is 389 g/mol. The average Bonchev–Trinajstić information content (AvgIpc) is 2.98. The van der Waals surface area contributed by atoms with Gasteiger partial charge in [0.15, 0.2) is 10.6 Å². The number of aromatic nitrogens is 1. The number of esters is 1. The molecule has 0 bridgehead atoms. The van der Waals surface area contributed by atoms with E-state index < -0.39 is 11.9 Å². The van der Waals surface area contributed by atoms with Crippen molar-refractivity contribution in [3.05, 3.63) is 63.9 Å². The quantitative estimate of drug-likeness (QED) is 0.392. The van der Waals surface area contributed by atoms with E-state index in [0.717, 1.165) is 17.3 Å². The molecule has 132 valence electrons. The SMILES string of the molecule is COC(=O)C(=O)N=c1sc2ccccc2n1CC(=O)c1ccc(Cl)cc1. The Kier molecular flexibility index (Phi) is 5.29. The Balaban J connectivity index is 2.06. The van der Waals surface area contributed by atoms with Crippen LogP contribution in [0, 0.1) is 0 Å². The number of ether oxygens (including phenoxy) is 1. The van der Waals surface area contributed by atoms with Crippen molar-refractivity contribution in [2.75, 3.05) is 7.11 Å². The Labute approximate surface area is 157 Å². The van der Waals surface area contributed by atoms with Crippen molar-refractivity contribution in [3.63, 3.8) is 0 Å². The second kappa shape index (κ2) is 7.63. The number of para-hydroxylation sites is 1. The van der Waals surface area contributed by atoms with Gasteiger partial charge in [0.2, 0.25) is 0 Å². The minimum absolute atomic E-state index is 0.0288. The third-order valence-corrected chi connectivity index (χ3v) is 4.92. The van der Waals surface area contributed by atoms with Crippen molar-refractivity contribution in [2.45, 2.75) is 6.54 Å².